The first-order chi connectivity index (χ1) is 15.0. The molecule has 0 aromatic heterocycles. The Bertz CT molecular complexity index is 896. The van der Waals surface area contributed by atoms with Gasteiger partial charge in [0, 0.05) is 13.8 Å². The second kappa shape index (κ2) is 16.4. The fourth-order valence-electron chi connectivity index (χ4n) is 3.16. The monoisotopic (exact) mass is 558 g/mol. The maximum atomic E-state index is 10.3. The first-order valence-electron chi connectivity index (χ1n) is 11.0. The van der Waals surface area contributed by atoms with Gasteiger partial charge in [-0.2, -0.15) is 0 Å². The Morgan fingerprint density at radius 2 is 0.818 bits per heavy atom. The second-order valence-corrected chi connectivity index (χ2v) is 12.0. The van der Waals surface area contributed by atoms with E-state index in [2.05, 4.69) is 55.4 Å². The summed E-state index contributed by atoms with van der Waals surface area (Å²) in [4.78, 5) is 0. The molecular formula is C28H38O2P2Zr+2. The van der Waals surface area contributed by atoms with Gasteiger partial charge in [-0.1, -0.05) is 60.7 Å². The van der Waals surface area contributed by atoms with Gasteiger partial charge in [0.2, 0.25) is 0 Å². The molecule has 2 nitrogen and oxygen atoms in total. The summed E-state index contributed by atoms with van der Waals surface area (Å²) < 4.78 is 0. The molecule has 0 bridgehead atoms. The molecule has 0 amide bonds. The number of rotatable bonds is 0. The number of hydrogen-bond acceptors (Lipinski definition) is 2. The smallest absolute Gasteiger partial charge is 0.872 e. The molecule has 4 unspecified atom stereocenters. The van der Waals surface area contributed by atoms with Crippen LogP contribution >= 0.6 is 16.4 Å². The standard InChI is InChI=1S/2C8H13P.2C6H6O.Zr/c2*1-5-6(2)8(4)9-7(5)3;2*7-6-4-2-1-3-5-6;/h2*7H,1-4H3;2*1-5,7H;/q;;;;+2. The van der Waals surface area contributed by atoms with Crippen LogP contribution in [-0.4, -0.2) is 21.9 Å². The average molecular weight is 560 g/mol. The molecular weight excluding hydrogens is 521 g/mol. The number of hydrogen-bond donors (Lipinski definition) is 0. The van der Waals surface area contributed by atoms with Crippen molar-refractivity contribution in [3.8, 4) is 11.5 Å². The third kappa shape index (κ3) is 11.6. The second-order valence-electron chi connectivity index (χ2n) is 8.22. The van der Waals surface area contributed by atoms with Crippen molar-refractivity contribution in [2.24, 2.45) is 0 Å². The summed E-state index contributed by atoms with van der Waals surface area (Å²) in [6.07, 6.45) is 0. The van der Waals surface area contributed by atoms with Crippen molar-refractivity contribution >= 4 is 27.0 Å². The quantitative estimate of drug-likeness (QED) is 0.337. The van der Waals surface area contributed by atoms with Crippen LogP contribution < -0.4 is 10.2 Å². The molecule has 0 aliphatic carbocycles. The largest absolute Gasteiger partial charge is 2.00 e. The van der Waals surface area contributed by atoms with Gasteiger partial charge in [0.1, 0.15) is 21.9 Å². The summed E-state index contributed by atoms with van der Waals surface area (Å²) >= 11 is 0. The van der Waals surface area contributed by atoms with Gasteiger partial charge >= 0.3 is 26.2 Å². The van der Waals surface area contributed by atoms with Crippen LogP contribution in [0.2, 0.25) is 0 Å². The van der Waals surface area contributed by atoms with Gasteiger partial charge in [-0.25, -0.2) is 0 Å². The molecule has 2 heterocycles. The third-order valence-corrected chi connectivity index (χ3v) is 9.31. The van der Waals surface area contributed by atoms with E-state index in [1.54, 1.807) is 57.1 Å². The van der Waals surface area contributed by atoms with Crippen molar-refractivity contribution in [1.82, 2.24) is 0 Å². The van der Waals surface area contributed by atoms with E-state index in [0.717, 1.165) is 27.7 Å². The molecule has 0 N–H and O–H groups in total. The summed E-state index contributed by atoms with van der Waals surface area (Å²) in [5.41, 5.74) is 7.99. The SMILES string of the molecule is CC1=[PH+]C(C)C(C)=C1C.CC1=[PH+]C(C)C(C)=C1C.[O-]c1ccccc1.[O-]c1ccccc1.[Zr+2]. The van der Waals surface area contributed by atoms with Crippen molar-refractivity contribution in [3.63, 3.8) is 0 Å². The normalized spacial score (nSPS) is 19.4. The van der Waals surface area contributed by atoms with Crippen LogP contribution in [-0.2, 0) is 26.2 Å². The molecule has 2 aromatic carbocycles. The molecule has 5 heteroatoms. The Morgan fingerprint density at radius 3 is 0.909 bits per heavy atom. The van der Waals surface area contributed by atoms with E-state index in [1.807, 2.05) is 12.1 Å². The van der Waals surface area contributed by atoms with Crippen LogP contribution in [0.5, 0.6) is 11.5 Å². The molecule has 33 heavy (non-hydrogen) atoms. The summed E-state index contributed by atoms with van der Waals surface area (Å²) in [7, 11) is 2.12. The van der Waals surface area contributed by atoms with Gasteiger partial charge in [0.05, 0.1) is 16.4 Å². The van der Waals surface area contributed by atoms with Gasteiger partial charge in [-0.05, 0) is 63.8 Å². The van der Waals surface area contributed by atoms with Gasteiger partial charge in [-0.15, -0.1) is 11.5 Å². The van der Waals surface area contributed by atoms with E-state index < -0.39 is 0 Å². The Kier molecular flexibility index (Phi) is 15.8. The Balaban J connectivity index is 0.000000412. The maximum Gasteiger partial charge on any atom is 2.00 e. The van der Waals surface area contributed by atoms with Crippen LogP contribution in [0, 0.1) is 0 Å². The predicted octanol–water partition coefficient (Wildman–Crippen LogP) is 6.71. The summed E-state index contributed by atoms with van der Waals surface area (Å²) in [5, 5.41) is 23.8. The molecule has 0 saturated carbocycles. The summed E-state index contributed by atoms with van der Waals surface area (Å²) in [6, 6.07) is 16.7. The Labute approximate surface area is 223 Å². The first-order valence-corrected chi connectivity index (χ1v) is 13.2. The fourth-order valence-corrected chi connectivity index (χ4v) is 6.16. The van der Waals surface area contributed by atoms with Crippen molar-refractivity contribution in [2.75, 3.05) is 0 Å². The van der Waals surface area contributed by atoms with Crippen molar-refractivity contribution in [3.05, 3.63) is 83.0 Å². The minimum absolute atomic E-state index is 0. The van der Waals surface area contributed by atoms with E-state index in [-0.39, 0.29) is 37.7 Å². The maximum absolute atomic E-state index is 10.3. The fraction of sp³-hybridized carbons (Fsp3) is 0.357. The molecule has 2 aliphatic heterocycles. The number of para-hydroxylation sites is 2. The molecule has 174 valence electrons. The minimum atomic E-state index is 0. The van der Waals surface area contributed by atoms with Gasteiger partial charge in [-0.3, -0.25) is 0 Å². The third-order valence-electron chi connectivity index (χ3n) is 5.96. The van der Waals surface area contributed by atoms with Gasteiger partial charge in [0.25, 0.3) is 0 Å². The zero-order valence-electron chi connectivity index (χ0n) is 21.2. The van der Waals surface area contributed by atoms with E-state index >= 15 is 0 Å². The van der Waals surface area contributed by atoms with Crippen molar-refractivity contribution < 1.29 is 36.4 Å². The molecule has 4 rings (SSSR count). The minimum Gasteiger partial charge on any atom is -0.872 e. The molecule has 2 aliphatic rings. The zero-order chi connectivity index (χ0) is 24.3. The van der Waals surface area contributed by atoms with E-state index in [0.29, 0.717) is 0 Å². The van der Waals surface area contributed by atoms with Crippen LogP contribution in [0.15, 0.2) is 83.0 Å². The molecule has 0 spiro atoms. The molecule has 4 atom stereocenters. The Hall–Kier alpha value is -1.26. The van der Waals surface area contributed by atoms with Crippen molar-refractivity contribution in [1.29, 1.82) is 0 Å². The van der Waals surface area contributed by atoms with Crippen LogP contribution in [0.3, 0.4) is 0 Å². The first kappa shape index (κ1) is 31.7. The van der Waals surface area contributed by atoms with Crippen LogP contribution in [0.1, 0.15) is 55.4 Å². The van der Waals surface area contributed by atoms with Gasteiger partial charge < -0.3 is 10.2 Å². The summed E-state index contributed by atoms with van der Waals surface area (Å²) in [6.45, 7) is 18.1. The molecule has 0 saturated heterocycles. The molecule has 0 fully saturated rings. The van der Waals surface area contributed by atoms with Crippen LogP contribution in [0.25, 0.3) is 0 Å². The number of benzene rings is 2. The Morgan fingerprint density at radius 1 is 0.545 bits per heavy atom. The molecule has 0 radical (unpaired) electrons. The summed E-state index contributed by atoms with van der Waals surface area (Å²) in [5.74, 6) is 0.144. The van der Waals surface area contributed by atoms with Gasteiger partial charge in [0.15, 0.2) is 0 Å². The van der Waals surface area contributed by atoms with E-state index in [4.69, 9.17) is 0 Å². The average Bonchev–Trinajstić information content (AvgIpc) is 3.13. The van der Waals surface area contributed by atoms with E-state index in [9.17, 15) is 10.2 Å². The number of allylic oxidation sites excluding steroid dienone is 4. The van der Waals surface area contributed by atoms with E-state index in [1.165, 1.54) is 24.3 Å². The van der Waals surface area contributed by atoms with Crippen LogP contribution in [0.4, 0.5) is 0 Å². The predicted molar refractivity (Wildman–Crippen MR) is 145 cm³/mol. The topological polar surface area (TPSA) is 46.1 Å². The molecule has 2 aromatic rings. The zero-order valence-corrected chi connectivity index (χ0v) is 25.7. The van der Waals surface area contributed by atoms with Crippen molar-refractivity contribution in [2.45, 2.75) is 66.7 Å².